The fourth-order valence-electron chi connectivity index (χ4n) is 2.84. The average Bonchev–Trinajstić information content (AvgIpc) is 2.53. The first-order valence-corrected chi connectivity index (χ1v) is 7.62. The SMILES string of the molecule is COc1ccc(C=CC(=O)C2(OC(C)=O)CCCCC2)cc1. The van der Waals surface area contributed by atoms with Crippen LogP contribution < -0.4 is 4.74 Å². The molecule has 0 atom stereocenters. The van der Waals surface area contributed by atoms with Crippen molar-refractivity contribution in [2.75, 3.05) is 7.11 Å². The van der Waals surface area contributed by atoms with Crippen molar-refractivity contribution in [1.29, 1.82) is 0 Å². The Kier molecular flexibility index (Phi) is 5.36. The zero-order valence-corrected chi connectivity index (χ0v) is 13.1. The van der Waals surface area contributed by atoms with E-state index >= 15 is 0 Å². The summed E-state index contributed by atoms with van der Waals surface area (Å²) >= 11 is 0. The topological polar surface area (TPSA) is 52.6 Å². The average molecular weight is 302 g/mol. The van der Waals surface area contributed by atoms with Gasteiger partial charge in [0.2, 0.25) is 0 Å². The fraction of sp³-hybridized carbons (Fsp3) is 0.444. The van der Waals surface area contributed by atoms with Gasteiger partial charge >= 0.3 is 5.97 Å². The van der Waals surface area contributed by atoms with Gasteiger partial charge in [-0.3, -0.25) is 9.59 Å². The van der Waals surface area contributed by atoms with E-state index in [2.05, 4.69) is 0 Å². The molecule has 0 saturated heterocycles. The van der Waals surface area contributed by atoms with Crippen molar-refractivity contribution in [3.63, 3.8) is 0 Å². The molecule has 22 heavy (non-hydrogen) atoms. The lowest BCUT2D eigenvalue weighted by molar-refractivity contribution is -0.167. The number of carbonyl (C=O) groups is 2. The Morgan fingerprint density at radius 3 is 2.27 bits per heavy atom. The van der Waals surface area contributed by atoms with E-state index in [1.807, 2.05) is 24.3 Å². The summed E-state index contributed by atoms with van der Waals surface area (Å²) in [6, 6.07) is 7.43. The highest BCUT2D eigenvalue weighted by molar-refractivity contribution is 6.01. The molecular formula is C18H22O4. The second kappa shape index (κ2) is 7.25. The number of hydrogen-bond acceptors (Lipinski definition) is 4. The lowest BCUT2D eigenvalue weighted by Crippen LogP contribution is -2.43. The van der Waals surface area contributed by atoms with Crippen LogP contribution in [-0.2, 0) is 14.3 Å². The molecule has 1 aliphatic rings. The van der Waals surface area contributed by atoms with Crippen LogP contribution in [0, 0.1) is 0 Å². The van der Waals surface area contributed by atoms with Gasteiger partial charge < -0.3 is 9.47 Å². The van der Waals surface area contributed by atoms with Gasteiger partial charge in [0, 0.05) is 6.92 Å². The highest BCUT2D eigenvalue weighted by Gasteiger charge is 2.40. The molecule has 4 nitrogen and oxygen atoms in total. The van der Waals surface area contributed by atoms with Crippen molar-refractivity contribution in [2.45, 2.75) is 44.6 Å². The maximum Gasteiger partial charge on any atom is 0.303 e. The molecule has 0 N–H and O–H groups in total. The molecule has 0 aromatic heterocycles. The number of esters is 1. The van der Waals surface area contributed by atoms with Crippen LogP contribution in [0.25, 0.3) is 6.08 Å². The van der Waals surface area contributed by atoms with E-state index < -0.39 is 11.6 Å². The largest absolute Gasteiger partial charge is 0.497 e. The molecule has 0 spiro atoms. The second-order valence-electron chi connectivity index (χ2n) is 5.62. The molecule has 118 valence electrons. The minimum Gasteiger partial charge on any atom is -0.497 e. The van der Waals surface area contributed by atoms with Crippen LogP contribution in [-0.4, -0.2) is 24.5 Å². The van der Waals surface area contributed by atoms with Crippen LogP contribution in [0.1, 0.15) is 44.6 Å². The van der Waals surface area contributed by atoms with Gasteiger partial charge in [-0.05, 0) is 49.5 Å². The zero-order valence-electron chi connectivity index (χ0n) is 13.1. The van der Waals surface area contributed by atoms with Crippen molar-refractivity contribution >= 4 is 17.8 Å². The summed E-state index contributed by atoms with van der Waals surface area (Å²) < 4.78 is 10.5. The highest BCUT2D eigenvalue weighted by Crippen LogP contribution is 2.33. The molecular weight excluding hydrogens is 280 g/mol. The van der Waals surface area contributed by atoms with Crippen LogP contribution >= 0.6 is 0 Å². The van der Waals surface area contributed by atoms with Gasteiger partial charge in [-0.1, -0.05) is 24.6 Å². The molecule has 0 radical (unpaired) electrons. The number of carbonyl (C=O) groups excluding carboxylic acids is 2. The van der Waals surface area contributed by atoms with Crippen LogP contribution in [0.2, 0.25) is 0 Å². The minimum absolute atomic E-state index is 0.127. The number of ketones is 1. The maximum atomic E-state index is 12.6. The van der Waals surface area contributed by atoms with Crippen molar-refractivity contribution in [3.8, 4) is 5.75 Å². The molecule has 2 rings (SSSR count). The molecule has 1 aromatic carbocycles. The van der Waals surface area contributed by atoms with E-state index in [9.17, 15) is 9.59 Å². The first kappa shape index (κ1) is 16.3. The lowest BCUT2D eigenvalue weighted by Gasteiger charge is -2.34. The highest BCUT2D eigenvalue weighted by atomic mass is 16.6. The van der Waals surface area contributed by atoms with Crippen LogP contribution in [0.15, 0.2) is 30.3 Å². The molecule has 0 unspecified atom stereocenters. The van der Waals surface area contributed by atoms with Gasteiger partial charge in [0.1, 0.15) is 5.75 Å². The van der Waals surface area contributed by atoms with Gasteiger partial charge in [0.25, 0.3) is 0 Å². The molecule has 4 heteroatoms. The number of rotatable bonds is 5. The molecule has 0 aliphatic heterocycles. The smallest absolute Gasteiger partial charge is 0.303 e. The molecule has 1 aliphatic carbocycles. The first-order chi connectivity index (χ1) is 10.6. The number of hydrogen-bond donors (Lipinski definition) is 0. The Bertz CT molecular complexity index is 551. The second-order valence-corrected chi connectivity index (χ2v) is 5.62. The monoisotopic (exact) mass is 302 g/mol. The third-order valence-electron chi connectivity index (χ3n) is 3.99. The molecule has 0 heterocycles. The van der Waals surface area contributed by atoms with Gasteiger partial charge in [-0.15, -0.1) is 0 Å². The molecule has 0 amide bonds. The fourth-order valence-corrected chi connectivity index (χ4v) is 2.84. The Morgan fingerprint density at radius 1 is 1.09 bits per heavy atom. The van der Waals surface area contributed by atoms with Crippen LogP contribution in [0.5, 0.6) is 5.75 Å². The van der Waals surface area contributed by atoms with Gasteiger partial charge in [-0.2, -0.15) is 0 Å². The number of ether oxygens (including phenoxy) is 2. The summed E-state index contributed by atoms with van der Waals surface area (Å²) in [7, 11) is 1.61. The van der Waals surface area contributed by atoms with Gasteiger partial charge in [0.05, 0.1) is 7.11 Å². The van der Waals surface area contributed by atoms with Crippen molar-refractivity contribution < 1.29 is 19.1 Å². The minimum atomic E-state index is -0.965. The van der Waals surface area contributed by atoms with Gasteiger partial charge in [0.15, 0.2) is 11.4 Å². The van der Waals surface area contributed by atoms with Crippen LogP contribution in [0.4, 0.5) is 0 Å². The summed E-state index contributed by atoms with van der Waals surface area (Å²) in [5, 5.41) is 0. The van der Waals surface area contributed by atoms with E-state index in [-0.39, 0.29) is 5.78 Å². The van der Waals surface area contributed by atoms with Gasteiger partial charge in [-0.25, -0.2) is 0 Å². The Labute approximate surface area is 131 Å². The van der Waals surface area contributed by atoms with Crippen molar-refractivity contribution in [1.82, 2.24) is 0 Å². The lowest BCUT2D eigenvalue weighted by atomic mass is 9.81. The third-order valence-corrected chi connectivity index (χ3v) is 3.99. The van der Waals surface area contributed by atoms with E-state index in [1.165, 1.54) is 13.0 Å². The Balaban J connectivity index is 2.12. The zero-order chi connectivity index (χ0) is 16.0. The normalized spacial score (nSPS) is 17.2. The summed E-state index contributed by atoms with van der Waals surface area (Å²) in [5.41, 5.74) is -0.0597. The number of benzene rings is 1. The summed E-state index contributed by atoms with van der Waals surface area (Å²) in [4.78, 5) is 23.9. The first-order valence-electron chi connectivity index (χ1n) is 7.62. The van der Waals surface area contributed by atoms with Crippen molar-refractivity contribution in [3.05, 3.63) is 35.9 Å². The predicted octanol–water partition coefficient (Wildman–Crippen LogP) is 3.54. The Hall–Kier alpha value is -2.10. The summed E-state index contributed by atoms with van der Waals surface area (Å²) in [6.07, 6.45) is 7.40. The molecule has 1 saturated carbocycles. The van der Waals surface area contributed by atoms with E-state index in [0.717, 1.165) is 30.6 Å². The number of methoxy groups -OCH3 is 1. The quantitative estimate of drug-likeness (QED) is 0.616. The van der Waals surface area contributed by atoms with E-state index in [1.54, 1.807) is 13.2 Å². The third kappa shape index (κ3) is 3.97. The van der Waals surface area contributed by atoms with Crippen molar-refractivity contribution in [2.24, 2.45) is 0 Å². The van der Waals surface area contributed by atoms with E-state index in [4.69, 9.17) is 9.47 Å². The standard InChI is InChI=1S/C18H22O4/c1-14(19)22-18(12-4-3-5-13-18)17(20)11-8-15-6-9-16(21-2)10-7-15/h6-11H,3-5,12-13H2,1-2H3. The maximum absolute atomic E-state index is 12.6. The summed E-state index contributed by atoms with van der Waals surface area (Å²) in [5.74, 6) is 0.249. The summed E-state index contributed by atoms with van der Waals surface area (Å²) in [6.45, 7) is 1.36. The Morgan fingerprint density at radius 2 is 1.73 bits per heavy atom. The van der Waals surface area contributed by atoms with Crippen LogP contribution in [0.3, 0.4) is 0 Å². The van der Waals surface area contributed by atoms with E-state index in [0.29, 0.717) is 12.8 Å². The molecule has 1 aromatic rings. The molecule has 1 fully saturated rings. The molecule has 0 bridgehead atoms. The predicted molar refractivity (Wildman–Crippen MR) is 84.6 cm³/mol.